The highest BCUT2D eigenvalue weighted by Crippen LogP contribution is 2.30. The monoisotopic (exact) mass is 774 g/mol. The van der Waals surface area contributed by atoms with Crippen molar-refractivity contribution in [2.75, 3.05) is 23.0 Å². The Morgan fingerprint density at radius 3 is 0.843 bits per heavy atom. The molecule has 5 heteroatoms. The zero-order valence-electron chi connectivity index (χ0n) is 31.5. The molecule has 4 aromatic carbocycles. The predicted molar refractivity (Wildman–Crippen MR) is 249 cm³/mol. The SMILES string of the molecule is C=CC.C=CC.C=CC.C=CC.c1ccc(CSCC(CSCC(CSCc2ccccc2)SCc2ccccc2)SCc2ccccc2)cc1. The molecule has 0 heterocycles. The minimum atomic E-state index is 0.653. The van der Waals surface area contributed by atoms with Crippen molar-refractivity contribution in [3.05, 3.63) is 194 Å². The largest absolute Gasteiger partial charge is 0.160 e. The van der Waals surface area contributed by atoms with Crippen LogP contribution in [0.2, 0.25) is 0 Å². The van der Waals surface area contributed by atoms with Gasteiger partial charge in [0.25, 0.3) is 0 Å². The van der Waals surface area contributed by atoms with Crippen LogP contribution in [0, 0.1) is 0 Å². The van der Waals surface area contributed by atoms with Gasteiger partial charge in [0.05, 0.1) is 0 Å². The summed E-state index contributed by atoms with van der Waals surface area (Å²) in [5.41, 5.74) is 5.71. The fraction of sp³-hybridized carbons (Fsp3) is 0.304. The molecule has 4 aromatic rings. The van der Waals surface area contributed by atoms with Gasteiger partial charge in [-0.2, -0.15) is 58.8 Å². The van der Waals surface area contributed by atoms with Gasteiger partial charge in [0, 0.05) is 56.5 Å². The number of allylic oxidation sites excluding steroid dienone is 4. The predicted octanol–water partition coefficient (Wildman–Crippen LogP) is 15.0. The topological polar surface area (TPSA) is 0 Å². The quantitative estimate of drug-likeness (QED) is 0.0921. The van der Waals surface area contributed by atoms with E-state index in [2.05, 4.69) is 206 Å². The van der Waals surface area contributed by atoms with Crippen LogP contribution < -0.4 is 0 Å². The van der Waals surface area contributed by atoms with E-state index in [-0.39, 0.29) is 0 Å². The number of rotatable bonds is 18. The third kappa shape index (κ3) is 29.8. The molecule has 51 heavy (non-hydrogen) atoms. The highest BCUT2D eigenvalue weighted by molar-refractivity contribution is 8.06. The lowest BCUT2D eigenvalue weighted by Crippen LogP contribution is -2.15. The molecule has 0 aromatic heterocycles. The Morgan fingerprint density at radius 2 is 0.588 bits per heavy atom. The van der Waals surface area contributed by atoms with Crippen LogP contribution >= 0.6 is 58.8 Å². The molecular formula is C46H62S5. The lowest BCUT2D eigenvalue weighted by molar-refractivity contribution is 1.11. The van der Waals surface area contributed by atoms with Crippen LogP contribution in [0.5, 0.6) is 0 Å². The summed E-state index contributed by atoms with van der Waals surface area (Å²) in [5.74, 6) is 9.21. The van der Waals surface area contributed by atoms with Gasteiger partial charge in [-0.25, -0.2) is 0 Å². The summed E-state index contributed by atoms with van der Waals surface area (Å²) in [6, 6.07) is 43.7. The van der Waals surface area contributed by atoms with E-state index in [0.717, 1.165) is 23.0 Å². The molecule has 0 spiro atoms. The zero-order chi connectivity index (χ0) is 37.6. The first-order valence-corrected chi connectivity index (χ1v) is 23.0. The molecule has 0 bridgehead atoms. The van der Waals surface area contributed by atoms with Gasteiger partial charge in [0.15, 0.2) is 0 Å². The van der Waals surface area contributed by atoms with E-state index in [1.807, 2.05) is 27.7 Å². The molecule has 0 amide bonds. The van der Waals surface area contributed by atoms with E-state index in [0.29, 0.717) is 10.5 Å². The van der Waals surface area contributed by atoms with Crippen molar-refractivity contribution in [2.24, 2.45) is 0 Å². The third-order valence-electron chi connectivity index (χ3n) is 6.10. The minimum absolute atomic E-state index is 0.653. The summed E-state index contributed by atoms with van der Waals surface area (Å²) in [7, 11) is 0. The summed E-state index contributed by atoms with van der Waals surface area (Å²) >= 11 is 10.6. The fourth-order valence-corrected chi connectivity index (χ4v) is 10.9. The maximum Gasteiger partial charge on any atom is 0.0232 e. The number of hydrogen-bond acceptors (Lipinski definition) is 5. The van der Waals surface area contributed by atoms with Gasteiger partial charge < -0.3 is 0 Å². The molecule has 4 rings (SSSR count). The van der Waals surface area contributed by atoms with Gasteiger partial charge in [-0.1, -0.05) is 146 Å². The van der Waals surface area contributed by atoms with Crippen LogP contribution in [-0.4, -0.2) is 33.5 Å². The van der Waals surface area contributed by atoms with Crippen molar-refractivity contribution in [3.8, 4) is 0 Å². The Hall–Kier alpha value is -2.41. The summed E-state index contributed by atoms with van der Waals surface area (Å²) in [4.78, 5) is 0. The summed E-state index contributed by atoms with van der Waals surface area (Å²) in [6.07, 6.45) is 7.00. The molecule has 2 atom stereocenters. The van der Waals surface area contributed by atoms with Crippen molar-refractivity contribution in [1.82, 2.24) is 0 Å². The van der Waals surface area contributed by atoms with Crippen LogP contribution in [0.15, 0.2) is 172 Å². The Kier molecular flexibility index (Phi) is 35.6. The Morgan fingerprint density at radius 1 is 0.373 bits per heavy atom. The van der Waals surface area contributed by atoms with E-state index in [9.17, 15) is 0 Å². The molecule has 276 valence electrons. The van der Waals surface area contributed by atoms with Crippen LogP contribution in [0.25, 0.3) is 0 Å². The van der Waals surface area contributed by atoms with Gasteiger partial charge in [0.1, 0.15) is 0 Å². The Bertz CT molecular complexity index is 1210. The first kappa shape index (κ1) is 48.6. The standard InChI is InChI=1S/C34H38S5.4C3H6/c1-5-13-29(14-6-1)21-35-25-33(38-23-31-17-9-3-10-18-31)27-37-28-34(39-24-32-19-11-4-12-20-32)26-36-22-30-15-7-2-8-16-30;4*1-3-2/h1-20,33-34H,21-28H2;4*3H,1H2,2H3. The van der Waals surface area contributed by atoms with Crippen molar-refractivity contribution < 1.29 is 0 Å². The summed E-state index contributed by atoms with van der Waals surface area (Å²) < 4.78 is 0. The summed E-state index contributed by atoms with van der Waals surface area (Å²) in [6.45, 7) is 21.0. The van der Waals surface area contributed by atoms with E-state index in [1.165, 1.54) is 45.3 Å². The maximum atomic E-state index is 3.36. The molecule has 0 radical (unpaired) electrons. The second-order valence-electron chi connectivity index (χ2n) is 11.0. The third-order valence-corrected chi connectivity index (χ3v) is 13.2. The molecule has 0 aliphatic heterocycles. The second-order valence-corrected chi connectivity index (χ2v) is 16.7. The number of hydrogen-bond donors (Lipinski definition) is 0. The molecular weight excluding hydrogens is 713 g/mol. The zero-order valence-corrected chi connectivity index (χ0v) is 35.6. The van der Waals surface area contributed by atoms with E-state index in [4.69, 9.17) is 0 Å². The molecule has 0 saturated carbocycles. The van der Waals surface area contributed by atoms with Crippen LogP contribution in [0.3, 0.4) is 0 Å². The number of benzene rings is 4. The fourth-order valence-electron chi connectivity index (χ4n) is 3.96. The Labute approximate surface area is 335 Å². The average Bonchev–Trinajstić information content (AvgIpc) is 3.15. The van der Waals surface area contributed by atoms with Crippen molar-refractivity contribution in [2.45, 2.75) is 61.2 Å². The highest BCUT2D eigenvalue weighted by atomic mass is 32.2. The number of thioether (sulfide) groups is 5. The van der Waals surface area contributed by atoms with Gasteiger partial charge in [-0.05, 0) is 49.9 Å². The first-order chi connectivity index (χ1) is 25.0. The van der Waals surface area contributed by atoms with Gasteiger partial charge >= 0.3 is 0 Å². The summed E-state index contributed by atoms with van der Waals surface area (Å²) in [5, 5.41) is 1.31. The highest BCUT2D eigenvalue weighted by Gasteiger charge is 2.15. The first-order valence-electron chi connectivity index (χ1n) is 17.4. The molecule has 0 saturated heterocycles. The van der Waals surface area contributed by atoms with Crippen LogP contribution in [0.4, 0.5) is 0 Å². The minimum Gasteiger partial charge on any atom is -0.160 e. The van der Waals surface area contributed by atoms with Crippen LogP contribution in [-0.2, 0) is 23.0 Å². The van der Waals surface area contributed by atoms with Gasteiger partial charge in [-0.3, -0.25) is 0 Å². The maximum absolute atomic E-state index is 3.36. The molecule has 0 N–H and O–H groups in total. The lowest BCUT2D eigenvalue weighted by atomic mass is 10.2. The average molecular weight is 775 g/mol. The molecule has 0 fully saturated rings. The lowest BCUT2D eigenvalue weighted by Gasteiger charge is -2.20. The molecule has 0 aliphatic rings. The van der Waals surface area contributed by atoms with E-state index >= 15 is 0 Å². The van der Waals surface area contributed by atoms with Gasteiger partial charge in [-0.15, -0.1) is 26.3 Å². The molecule has 0 nitrogen and oxygen atoms in total. The van der Waals surface area contributed by atoms with Crippen molar-refractivity contribution in [3.63, 3.8) is 0 Å². The van der Waals surface area contributed by atoms with E-state index in [1.54, 1.807) is 24.3 Å². The molecule has 0 aliphatic carbocycles. The van der Waals surface area contributed by atoms with Crippen molar-refractivity contribution in [1.29, 1.82) is 0 Å². The smallest absolute Gasteiger partial charge is 0.0232 e. The van der Waals surface area contributed by atoms with Crippen LogP contribution in [0.1, 0.15) is 49.9 Å². The second kappa shape index (κ2) is 37.4. The normalized spacial score (nSPS) is 10.7. The molecule has 2 unspecified atom stereocenters. The van der Waals surface area contributed by atoms with Crippen molar-refractivity contribution >= 4 is 58.8 Å². The Balaban J connectivity index is 0.00000183. The van der Waals surface area contributed by atoms with E-state index < -0.39 is 0 Å². The van der Waals surface area contributed by atoms with Gasteiger partial charge in [0.2, 0.25) is 0 Å².